The summed E-state index contributed by atoms with van der Waals surface area (Å²) in [5.74, 6) is 0.787. The molecule has 0 radical (unpaired) electrons. The number of halogens is 5. The molecule has 3 nitrogen and oxygen atoms in total. The van der Waals surface area contributed by atoms with Crippen molar-refractivity contribution in [1.82, 2.24) is 15.3 Å². The molecule has 1 atom stereocenters. The van der Waals surface area contributed by atoms with E-state index in [0.29, 0.717) is 11.3 Å². The molecular weight excluding hydrogens is 338 g/mol. The molecule has 3 rings (SSSR count). The minimum absolute atomic E-state index is 0. The first kappa shape index (κ1) is 18.8. The van der Waals surface area contributed by atoms with E-state index in [4.69, 9.17) is 0 Å². The average Bonchev–Trinajstić information content (AvgIpc) is 3.09. The largest absolute Gasteiger partial charge is 0.416 e. The molecular formula is C14H16Cl2F3N3. The van der Waals surface area contributed by atoms with Gasteiger partial charge in [0.05, 0.1) is 23.5 Å². The third-order valence-electron chi connectivity index (χ3n) is 3.49. The van der Waals surface area contributed by atoms with E-state index < -0.39 is 11.7 Å². The molecule has 1 aliphatic heterocycles. The second-order valence-corrected chi connectivity index (χ2v) is 4.91. The molecule has 1 aromatic carbocycles. The molecule has 8 heteroatoms. The van der Waals surface area contributed by atoms with Crippen LogP contribution in [0.5, 0.6) is 0 Å². The van der Waals surface area contributed by atoms with Crippen LogP contribution in [-0.4, -0.2) is 16.5 Å². The lowest BCUT2D eigenvalue weighted by Crippen LogP contribution is -2.14. The molecule has 2 N–H and O–H groups in total. The highest BCUT2D eigenvalue weighted by molar-refractivity contribution is 5.85. The molecule has 0 spiro atoms. The number of alkyl halides is 3. The monoisotopic (exact) mass is 353 g/mol. The lowest BCUT2D eigenvalue weighted by atomic mass is 10.1. The summed E-state index contributed by atoms with van der Waals surface area (Å²) in [6.07, 6.45) is -0.656. The highest BCUT2D eigenvalue weighted by Crippen LogP contribution is 2.32. The van der Waals surface area contributed by atoms with E-state index in [2.05, 4.69) is 15.3 Å². The fourth-order valence-electron chi connectivity index (χ4n) is 2.44. The lowest BCUT2D eigenvalue weighted by molar-refractivity contribution is -0.137. The summed E-state index contributed by atoms with van der Waals surface area (Å²) in [5.41, 5.74) is 0.460. The number of nitrogens with zero attached hydrogens (tertiary/aromatic N) is 1. The smallest absolute Gasteiger partial charge is 0.341 e. The van der Waals surface area contributed by atoms with Crippen LogP contribution in [0.25, 0.3) is 11.3 Å². The predicted molar refractivity (Wildman–Crippen MR) is 83.5 cm³/mol. The van der Waals surface area contributed by atoms with Crippen LogP contribution in [0.2, 0.25) is 0 Å². The van der Waals surface area contributed by atoms with E-state index in [9.17, 15) is 13.2 Å². The fraction of sp³-hybridized carbons (Fsp3) is 0.357. The summed E-state index contributed by atoms with van der Waals surface area (Å²) in [6, 6.07) is 5.44. The number of aromatic nitrogens is 2. The van der Waals surface area contributed by atoms with Gasteiger partial charge in [0.2, 0.25) is 0 Å². The zero-order valence-corrected chi connectivity index (χ0v) is 13.1. The molecule has 122 valence electrons. The van der Waals surface area contributed by atoms with E-state index in [1.165, 1.54) is 6.07 Å². The second kappa shape index (κ2) is 7.35. The van der Waals surface area contributed by atoms with Crippen LogP contribution in [0.15, 0.2) is 30.5 Å². The van der Waals surface area contributed by atoms with Crippen LogP contribution in [-0.2, 0) is 6.18 Å². The molecule has 0 aliphatic carbocycles. The van der Waals surface area contributed by atoms with Crippen molar-refractivity contribution >= 4 is 24.8 Å². The molecule has 0 saturated carbocycles. The van der Waals surface area contributed by atoms with Crippen molar-refractivity contribution in [3.05, 3.63) is 41.9 Å². The maximum Gasteiger partial charge on any atom is 0.416 e. The Morgan fingerprint density at radius 3 is 2.59 bits per heavy atom. The van der Waals surface area contributed by atoms with Gasteiger partial charge in [-0.25, -0.2) is 4.98 Å². The van der Waals surface area contributed by atoms with Gasteiger partial charge in [0.15, 0.2) is 0 Å². The van der Waals surface area contributed by atoms with Gasteiger partial charge in [-0.2, -0.15) is 13.2 Å². The quantitative estimate of drug-likeness (QED) is 0.841. The van der Waals surface area contributed by atoms with Crippen molar-refractivity contribution in [2.24, 2.45) is 0 Å². The van der Waals surface area contributed by atoms with Crippen LogP contribution in [0.3, 0.4) is 0 Å². The number of nitrogens with one attached hydrogen (secondary N) is 2. The topological polar surface area (TPSA) is 40.7 Å². The van der Waals surface area contributed by atoms with E-state index in [0.717, 1.165) is 37.3 Å². The van der Waals surface area contributed by atoms with Gasteiger partial charge in [-0.3, -0.25) is 0 Å². The van der Waals surface area contributed by atoms with Gasteiger partial charge in [0, 0.05) is 5.56 Å². The van der Waals surface area contributed by atoms with Crippen molar-refractivity contribution in [2.45, 2.75) is 25.1 Å². The van der Waals surface area contributed by atoms with Crippen LogP contribution >= 0.6 is 24.8 Å². The zero-order chi connectivity index (χ0) is 14.2. The second-order valence-electron chi connectivity index (χ2n) is 4.91. The Bertz CT molecular complexity index is 607. The molecule has 0 amide bonds. The maximum absolute atomic E-state index is 12.7. The van der Waals surface area contributed by atoms with Crippen molar-refractivity contribution in [3.8, 4) is 11.3 Å². The molecule has 1 fully saturated rings. The summed E-state index contributed by atoms with van der Waals surface area (Å²) in [7, 11) is 0. The van der Waals surface area contributed by atoms with Crippen molar-refractivity contribution < 1.29 is 13.2 Å². The molecule has 1 aromatic heterocycles. The van der Waals surface area contributed by atoms with Crippen LogP contribution < -0.4 is 5.32 Å². The molecule has 1 aliphatic rings. The van der Waals surface area contributed by atoms with Gasteiger partial charge >= 0.3 is 6.18 Å². The molecule has 1 unspecified atom stereocenters. The Hall–Kier alpha value is -1.24. The van der Waals surface area contributed by atoms with E-state index in [-0.39, 0.29) is 30.9 Å². The van der Waals surface area contributed by atoms with Crippen molar-refractivity contribution in [3.63, 3.8) is 0 Å². The molecule has 22 heavy (non-hydrogen) atoms. The van der Waals surface area contributed by atoms with Crippen LogP contribution in [0, 0.1) is 0 Å². The van der Waals surface area contributed by atoms with Crippen molar-refractivity contribution in [2.75, 3.05) is 6.54 Å². The number of hydrogen-bond donors (Lipinski definition) is 2. The first-order valence-corrected chi connectivity index (χ1v) is 6.50. The number of aromatic amines is 1. The molecule has 2 heterocycles. The van der Waals surface area contributed by atoms with Gasteiger partial charge in [0.1, 0.15) is 5.82 Å². The standard InChI is InChI=1S/C14H14F3N3.2ClH/c15-14(16,17)10-4-1-3-9(7-10)12-8-19-13(20-12)11-5-2-6-18-11;;/h1,3-4,7-8,11,18H,2,5-6H2,(H,19,20);2*1H. The third-order valence-corrected chi connectivity index (χ3v) is 3.49. The number of imidazole rings is 1. The number of benzene rings is 1. The van der Waals surface area contributed by atoms with Crippen LogP contribution in [0.1, 0.15) is 30.3 Å². The lowest BCUT2D eigenvalue weighted by Gasteiger charge is -2.08. The molecule has 2 aromatic rings. The van der Waals surface area contributed by atoms with Gasteiger partial charge in [-0.05, 0) is 31.5 Å². The highest BCUT2D eigenvalue weighted by atomic mass is 35.5. The van der Waals surface area contributed by atoms with Gasteiger partial charge in [0.25, 0.3) is 0 Å². The Morgan fingerprint density at radius 2 is 1.95 bits per heavy atom. The molecule has 0 bridgehead atoms. The zero-order valence-electron chi connectivity index (χ0n) is 11.5. The minimum Gasteiger partial charge on any atom is -0.341 e. The summed E-state index contributed by atoms with van der Waals surface area (Å²) in [4.78, 5) is 7.38. The highest BCUT2D eigenvalue weighted by Gasteiger charge is 2.30. The number of rotatable bonds is 2. The van der Waals surface area contributed by atoms with Crippen LogP contribution in [0.4, 0.5) is 13.2 Å². The summed E-state index contributed by atoms with van der Waals surface area (Å²) < 4.78 is 38.1. The van der Waals surface area contributed by atoms with E-state index in [1.807, 2.05) is 0 Å². The Morgan fingerprint density at radius 1 is 1.18 bits per heavy atom. The van der Waals surface area contributed by atoms with Crippen molar-refractivity contribution in [1.29, 1.82) is 0 Å². The third kappa shape index (κ3) is 3.94. The maximum atomic E-state index is 12.7. The number of hydrogen-bond acceptors (Lipinski definition) is 2. The number of H-pyrrole nitrogens is 1. The molecule has 1 saturated heterocycles. The predicted octanol–water partition coefficient (Wildman–Crippen LogP) is 4.36. The van der Waals surface area contributed by atoms with Gasteiger partial charge < -0.3 is 10.3 Å². The average molecular weight is 354 g/mol. The Kier molecular flexibility index (Phi) is 6.28. The Balaban J connectivity index is 0.00000121. The van der Waals surface area contributed by atoms with E-state index >= 15 is 0 Å². The minimum atomic E-state index is -4.33. The normalized spacial score (nSPS) is 17.7. The fourth-order valence-corrected chi connectivity index (χ4v) is 2.44. The van der Waals surface area contributed by atoms with Gasteiger partial charge in [-0.15, -0.1) is 24.8 Å². The summed E-state index contributed by atoms with van der Waals surface area (Å²) in [6.45, 7) is 0.949. The van der Waals surface area contributed by atoms with Gasteiger partial charge in [-0.1, -0.05) is 12.1 Å². The SMILES string of the molecule is Cl.Cl.FC(F)(F)c1cccc(-c2cnc(C3CCCN3)[nH]2)c1. The summed E-state index contributed by atoms with van der Waals surface area (Å²) >= 11 is 0. The Labute approximate surface area is 138 Å². The first-order chi connectivity index (χ1) is 9.54. The first-order valence-electron chi connectivity index (χ1n) is 6.50. The van der Waals surface area contributed by atoms with E-state index in [1.54, 1.807) is 12.3 Å². The summed E-state index contributed by atoms with van der Waals surface area (Å²) in [5, 5.41) is 3.30.